The molecule has 4 N–H and O–H groups in total. The molecule has 0 spiro atoms. The third-order valence-corrected chi connectivity index (χ3v) is 12.3. The molecule has 2 unspecified atom stereocenters. The van der Waals surface area contributed by atoms with Gasteiger partial charge in [0.05, 0.1) is 41.8 Å². The summed E-state index contributed by atoms with van der Waals surface area (Å²) in [5.41, 5.74) is -4.95. The Balaban J connectivity index is 0.00000461. The SMILES string of the molecule is [2H]OC1C[C@H]2OC[C@@]2(O)C2[C@H](C)[C@]3(O)C[C@H](OC(=O)[C@H](C)[C@@H](NC)c4cccs4)C(C)=C([C@@H](OC(C)=O)C(=O)[C@]12C)C3(C)C.[Ac]. The zero-order chi connectivity index (χ0) is 32.6. The van der Waals surface area contributed by atoms with Crippen molar-refractivity contribution >= 4 is 29.1 Å². The van der Waals surface area contributed by atoms with E-state index >= 15 is 0 Å². The smallest absolute Gasteiger partial charge is 0.311 e. The molecular weight excluding hydrogens is 801 g/mol. The first-order chi connectivity index (χ1) is 20.5. The van der Waals surface area contributed by atoms with E-state index in [1.807, 2.05) is 17.5 Å². The number of ether oxygens (including phenoxy) is 3. The number of esters is 2. The van der Waals surface area contributed by atoms with Crippen LogP contribution in [0.1, 0.15) is 72.2 Å². The van der Waals surface area contributed by atoms with E-state index in [0.717, 1.165) is 4.88 Å². The third kappa shape index (κ3) is 5.13. The molecule has 11 atom stereocenters. The van der Waals surface area contributed by atoms with Gasteiger partial charge in [-0.15, -0.1) is 11.3 Å². The molecule has 5 rings (SSSR count). The van der Waals surface area contributed by atoms with Crippen molar-refractivity contribution in [3.63, 3.8) is 0 Å². The monoisotopic (exact) mass is 847 g/mol. The van der Waals surface area contributed by atoms with Gasteiger partial charge in [0.15, 0.2) is 11.9 Å². The second-order valence-corrected chi connectivity index (χ2v) is 14.7. The quantitative estimate of drug-likeness (QED) is 0.239. The molecule has 44 heavy (non-hydrogen) atoms. The maximum atomic E-state index is 14.8. The normalized spacial score (nSPS) is 40.9. The van der Waals surface area contributed by atoms with Gasteiger partial charge >= 0.3 is 11.9 Å². The Hall–Kier alpha value is -0.708. The van der Waals surface area contributed by atoms with Crippen molar-refractivity contribution in [3.05, 3.63) is 33.5 Å². The minimum Gasteiger partial charge on any atom is -0.457 e. The van der Waals surface area contributed by atoms with E-state index in [2.05, 4.69) is 5.32 Å². The van der Waals surface area contributed by atoms with Gasteiger partial charge in [-0.3, -0.25) is 14.4 Å². The number of Topliss-reactive ketones (excluding diaryl/α,β-unsaturated/α-hetero) is 1. The molecule has 1 aliphatic heterocycles. The maximum Gasteiger partial charge on any atom is 0.311 e. The third-order valence-electron chi connectivity index (χ3n) is 11.4. The van der Waals surface area contributed by atoms with Gasteiger partial charge in [0.2, 0.25) is 1.43 Å². The van der Waals surface area contributed by atoms with Crippen molar-refractivity contribution in [1.82, 2.24) is 5.32 Å². The van der Waals surface area contributed by atoms with E-state index in [0.29, 0.717) is 11.1 Å². The number of carbonyl (C=O) groups is 3. The summed E-state index contributed by atoms with van der Waals surface area (Å²) >= 11 is 1.53. The Morgan fingerprint density at radius 2 is 1.93 bits per heavy atom. The molecule has 3 fully saturated rings. The number of aliphatic hydroxyl groups excluding tert-OH is 1. The predicted octanol–water partition coefficient (Wildman–Crippen LogP) is 2.70. The zero-order valence-electron chi connectivity index (χ0n) is 27.7. The second kappa shape index (κ2) is 12.4. The fourth-order valence-corrected chi connectivity index (χ4v) is 9.77. The summed E-state index contributed by atoms with van der Waals surface area (Å²) in [4.78, 5) is 42.1. The first kappa shape index (κ1) is 34.6. The molecule has 4 aliphatic rings. The van der Waals surface area contributed by atoms with Crippen LogP contribution in [0.3, 0.4) is 0 Å². The summed E-state index contributed by atoms with van der Waals surface area (Å²) < 4.78 is 25.6. The van der Waals surface area contributed by atoms with Gasteiger partial charge in [0.25, 0.3) is 0 Å². The van der Waals surface area contributed by atoms with Gasteiger partial charge in [-0.05, 0) is 49.4 Å². The number of nitrogens with one attached hydrogen (secondary N) is 1. The fourth-order valence-electron chi connectivity index (χ4n) is 8.83. The number of rotatable bonds is 7. The van der Waals surface area contributed by atoms with E-state index in [1.165, 1.54) is 18.3 Å². The molecular formula is C32H45AcNO9S. The minimum atomic E-state index is -1.66. The number of hydrogen-bond acceptors (Lipinski definition) is 11. The van der Waals surface area contributed by atoms with Crippen molar-refractivity contribution in [2.45, 2.75) is 103 Å². The Labute approximate surface area is 300 Å². The van der Waals surface area contributed by atoms with Crippen molar-refractivity contribution in [2.75, 3.05) is 13.7 Å². The number of thiophene rings is 1. The van der Waals surface area contributed by atoms with Gasteiger partial charge in [-0.1, -0.05) is 33.8 Å². The molecule has 3 aliphatic carbocycles. The standard InChI is InChI=1S/C32H45NO9S.Ac/c1-15-19(42-28(37)16(2)24(33-8)20-10-9-11-43-20)13-32(39)17(3)26-30(7,21(35)12-22-31(26,38)14-40-22)27(36)25(41-18(4)34)23(15)29(32,5)6;/h9-11,16-17,19,21-22,24-26,33,35,38-39H,12-14H2,1-8H3;/t16-,17+,19+,21?,22-,24-,25-,26?,30-,31+,32-;/m1./s1/i35D;. The van der Waals surface area contributed by atoms with E-state index in [9.17, 15) is 24.6 Å². The van der Waals surface area contributed by atoms with E-state index in [1.54, 1.807) is 48.6 Å². The van der Waals surface area contributed by atoms with Crippen LogP contribution in [0, 0.1) is 72.6 Å². The average molecular weight is 848 g/mol. The molecule has 1 aromatic heterocycles. The molecule has 1 aromatic rings. The van der Waals surface area contributed by atoms with Crippen molar-refractivity contribution in [3.8, 4) is 0 Å². The fraction of sp³-hybridized carbons (Fsp3) is 0.719. The van der Waals surface area contributed by atoms with Crippen LogP contribution in [0.5, 0.6) is 0 Å². The van der Waals surface area contributed by atoms with Crippen LogP contribution in [0.2, 0.25) is 0 Å². The number of aliphatic hydroxyl groups is 3. The summed E-state index contributed by atoms with van der Waals surface area (Å²) in [5.74, 6) is -4.01. The summed E-state index contributed by atoms with van der Waals surface area (Å²) in [6.07, 6.45) is -4.03. The maximum absolute atomic E-state index is 14.8. The Morgan fingerprint density at radius 3 is 2.45 bits per heavy atom. The van der Waals surface area contributed by atoms with E-state index < -0.39 is 81.9 Å². The van der Waals surface area contributed by atoms with Crippen LogP contribution in [0.4, 0.5) is 0 Å². The molecule has 12 heteroatoms. The van der Waals surface area contributed by atoms with Gasteiger partial charge in [0.1, 0.15) is 11.7 Å². The predicted molar refractivity (Wildman–Crippen MR) is 158 cm³/mol. The number of fused-ring (bicyclic) bond motifs is 5. The molecule has 241 valence electrons. The van der Waals surface area contributed by atoms with Crippen LogP contribution in [0.25, 0.3) is 0 Å². The van der Waals surface area contributed by atoms with Gasteiger partial charge in [0, 0.05) is 80.0 Å². The molecule has 2 saturated carbocycles. The van der Waals surface area contributed by atoms with Gasteiger partial charge in [-0.25, -0.2) is 0 Å². The first-order valence-corrected chi connectivity index (χ1v) is 15.9. The van der Waals surface area contributed by atoms with Crippen LogP contribution in [-0.4, -0.2) is 83.7 Å². The molecule has 1 radical (unpaired) electrons. The van der Waals surface area contributed by atoms with E-state index in [-0.39, 0.29) is 69.6 Å². The van der Waals surface area contributed by atoms with Crippen molar-refractivity contribution < 1.29 is 88.0 Å². The number of carbonyl (C=O) groups excluding carboxylic acids is 3. The Morgan fingerprint density at radius 1 is 1.25 bits per heavy atom. The molecule has 10 nitrogen and oxygen atoms in total. The van der Waals surface area contributed by atoms with Crippen molar-refractivity contribution in [1.29, 1.82) is 1.43 Å². The van der Waals surface area contributed by atoms with Crippen LogP contribution >= 0.6 is 11.3 Å². The zero-order valence-corrected chi connectivity index (χ0v) is 32.3. The van der Waals surface area contributed by atoms with Gasteiger partial charge in [-0.2, -0.15) is 0 Å². The molecule has 1 saturated heterocycles. The Kier molecular flexibility index (Phi) is 9.75. The molecule has 0 aromatic carbocycles. The summed E-state index contributed by atoms with van der Waals surface area (Å²) in [5, 5.41) is 35.3. The van der Waals surface area contributed by atoms with E-state index in [4.69, 9.17) is 20.8 Å². The molecule has 2 heterocycles. The second-order valence-electron chi connectivity index (χ2n) is 13.8. The Bertz CT molecular complexity index is 1360. The van der Waals surface area contributed by atoms with Crippen LogP contribution < -0.4 is 5.32 Å². The topological polar surface area (TPSA) is 152 Å². The summed E-state index contributed by atoms with van der Waals surface area (Å²) in [6, 6.07) is 3.56. The molecule has 0 amide bonds. The first-order valence-electron chi connectivity index (χ1n) is 15.4. The van der Waals surface area contributed by atoms with Crippen LogP contribution in [0.15, 0.2) is 28.7 Å². The van der Waals surface area contributed by atoms with Crippen molar-refractivity contribution in [2.24, 2.45) is 28.6 Å². The summed E-state index contributed by atoms with van der Waals surface area (Å²) in [7, 11) is 1.78. The largest absolute Gasteiger partial charge is 0.457 e. The minimum absolute atomic E-state index is 0. The average Bonchev–Trinajstić information content (AvgIpc) is 3.48. The summed E-state index contributed by atoms with van der Waals surface area (Å²) in [6.45, 7) is 11.7. The number of ketones is 1. The van der Waals surface area contributed by atoms with Gasteiger partial charge < -0.3 is 34.8 Å². The number of hydrogen-bond donors (Lipinski definition) is 4. The molecule has 2 bridgehead atoms. The van der Waals surface area contributed by atoms with Crippen LogP contribution in [-0.2, 0) is 28.6 Å².